The van der Waals surface area contributed by atoms with Gasteiger partial charge < -0.3 is 10.5 Å². The van der Waals surface area contributed by atoms with E-state index in [0.29, 0.717) is 12.3 Å². The van der Waals surface area contributed by atoms with Gasteiger partial charge in [0.05, 0.1) is 12.7 Å². The SMILES string of the molecule is C=C(/C=C(/C)c1cnn(Cc2ccc(C(=O)C(C)C)c(CC)c2)c1CCC)CCC.CC.CC(C)CCC(=O)OC(C)(C)C.CCC(C)CC.NC=O. The fourth-order valence-corrected chi connectivity index (χ4v) is 5.00. The Morgan fingerprint density at radius 3 is 1.92 bits per heavy atom. The molecule has 2 rings (SSSR count). The number of ether oxygens (including phenoxy) is 1. The van der Waals surface area contributed by atoms with Crippen LogP contribution in [0.4, 0.5) is 0 Å². The number of hydrogen-bond donors (Lipinski definition) is 1. The van der Waals surface area contributed by atoms with Gasteiger partial charge in [-0.15, -0.1) is 0 Å². The van der Waals surface area contributed by atoms with Crippen LogP contribution in [0.3, 0.4) is 0 Å². The minimum atomic E-state index is -0.339. The van der Waals surface area contributed by atoms with Crippen LogP contribution in [0.1, 0.15) is 188 Å². The first-order chi connectivity index (χ1) is 24.8. The number of esters is 1. The van der Waals surface area contributed by atoms with Crippen molar-refractivity contribution in [3.63, 3.8) is 0 Å². The molecule has 1 amide bonds. The van der Waals surface area contributed by atoms with Crippen molar-refractivity contribution in [2.24, 2.45) is 23.5 Å². The summed E-state index contributed by atoms with van der Waals surface area (Å²) >= 11 is 0. The van der Waals surface area contributed by atoms with Gasteiger partial charge in [-0.1, -0.05) is 145 Å². The Kier molecular flexibility index (Phi) is 31.4. The highest BCUT2D eigenvalue weighted by atomic mass is 16.6. The topological polar surface area (TPSA) is 104 Å². The number of nitrogens with zero attached hydrogens (tertiary/aromatic N) is 2. The number of benzene rings is 1. The van der Waals surface area contributed by atoms with Gasteiger partial charge in [0.15, 0.2) is 5.78 Å². The van der Waals surface area contributed by atoms with E-state index in [9.17, 15) is 9.59 Å². The number of aryl methyl sites for hydroxylation is 1. The number of primary amides is 1. The molecular formula is C46H81N3O4. The molecule has 0 aliphatic heterocycles. The molecule has 0 saturated heterocycles. The molecule has 0 aliphatic rings. The van der Waals surface area contributed by atoms with Gasteiger partial charge in [-0.25, -0.2) is 0 Å². The van der Waals surface area contributed by atoms with Gasteiger partial charge in [0, 0.05) is 29.2 Å². The highest BCUT2D eigenvalue weighted by molar-refractivity contribution is 5.98. The zero-order chi connectivity index (χ0) is 41.7. The van der Waals surface area contributed by atoms with Crippen LogP contribution in [0.15, 0.2) is 42.6 Å². The van der Waals surface area contributed by atoms with E-state index >= 15 is 0 Å². The summed E-state index contributed by atoms with van der Waals surface area (Å²) in [5, 5.41) is 4.72. The first-order valence-electron chi connectivity index (χ1n) is 20.3. The molecule has 7 heteroatoms. The lowest BCUT2D eigenvalue weighted by Crippen LogP contribution is -2.23. The molecule has 0 atom stereocenters. The molecule has 53 heavy (non-hydrogen) atoms. The van der Waals surface area contributed by atoms with Gasteiger partial charge >= 0.3 is 5.97 Å². The highest BCUT2D eigenvalue weighted by Gasteiger charge is 2.17. The number of ketones is 1. The number of carbonyl (C=O) groups is 3. The normalized spacial score (nSPS) is 10.9. The number of aromatic nitrogens is 2. The van der Waals surface area contributed by atoms with Crippen molar-refractivity contribution < 1.29 is 19.1 Å². The summed E-state index contributed by atoms with van der Waals surface area (Å²) in [6.07, 6.45) is 13.6. The molecule has 1 aromatic heterocycles. The monoisotopic (exact) mass is 740 g/mol. The molecular weight excluding hydrogens is 659 g/mol. The number of carbonyl (C=O) groups excluding carboxylic acids is 3. The third-order valence-electron chi connectivity index (χ3n) is 8.26. The Morgan fingerprint density at radius 1 is 0.943 bits per heavy atom. The van der Waals surface area contributed by atoms with Crippen LogP contribution in [0, 0.1) is 17.8 Å². The predicted octanol–water partition coefficient (Wildman–Crippen LogP) is 12.4. The van der Waals surface area contributed by atoms with Gasteiger partial charge in [0.25, 0.3) is 0 Å². The van der Waals surface area contributed by atoms with Crippen LogP contribution in [-0.2, 0) is 33.7 Å². The zero-order valence-electron chi connectivity index (χ0n) is 37.1. The van der Waals surface area contributed by atoms with Crippen LogP contribution >= 0.6 is 0 Å². The maximum absolute atomic E-state index is 12.5. The second-order valence-electron chi connectivity index (χ2n) is 15.1. The number of rotatable bonds is 16. The molecule has 0 radical (unpaired) electrons. The molecule has 1 heterocycles. The standard InChI is InChI=1S/C27H38N2O.C10H20O2.C6H14.C2H6.CH3NO/c1-8-11-20(6)15-21(7)25-17-28-29(26(25)12-9-2)18-22-13-14-24(23(10-3)16-22)27(30)19(4)5;1-8(2)6-7-9(11)12-10(3,4)5;1-4-6(3)5-2;1-2;2-1-3/h13-17,19H,6,8-12,18H2,1-5,7H3;8H,6-7H2,1-5H3;6H,4-5H2,1-3H3;1-2H3;1H,(H2,2,3)/b21-15-;;;;. The van der Waals surface area contributed by atoms with Crippen molar-refractivity contribution in [1.82, 2.24) is 9.78 Å². The third-order valence-corrected chi connectivity index (χ3v) is 8.26. The number of nitrogens with two attached hydrogens (primary N) is 1. The molecule has 0 spiro atoms. The highest BCUT2D eigenvalue weighted by Crippen LogP contribution is 2.24. The molecule has 1 aromatic carbocycles. The summed E-state index contributed by atoms with van der Waals surface area (Å²) in [5.74, 6) is 1.65. The summed E-state index contributed by atoms with van der Waals surface area (Å²) in [6.45, 7) is 38.1. The summed E-state index contributed by atoms with van der Waals surface area (Å²) in [4.78, 5) is 32.2. The van der Waals surface area contributed by atoms with Crippen molar-refractivity contribution >= 4 is 23.7 Å². The van der Waals surface area contributed by atoms with E-state index in [-0.39, 0.29) is 29.7 Å². The fraction of sp³-hybridized carbons (Fsp3) is 0.652. The number of amides is 1. The van der Waals surface area contributed by atoms with Crippen LogP contribution in [-0.4, -0.2) is 33.5 Å². The molecule has 7 nitrogen and oxygen atoms in total. The van der Waals surface area contributed by atoms with Gasteiger partial charge in [-0.3, -0.25) is 19.1 Å². The second-order valence-corrected chi connectivity index (χ2v) is 15.1. The van der Waals surface area contributed by atoms with Gasteiger partial charge in [-0.2, -0.15) is 5.10 Å². The average molecular weight is 740 g/mol. The summed E-state index contributed by atoms with van der Waals surface area (Å²) in [7, 11) is 0. The Balaban J connectivity index is -0.000000891. The maximum Gasteiger partial charge on any atom is 0.306 e. The Hall–Kier alpha value is -3.48. The molecule has 0 saturated carbocycles. The van der Waals surface area contributed by atoms with Crippen molar-refractivity contribution in [1.29, 1.82) is 0 Å². The van der Waals surface area contributed by atoms with E-state index in [1.807, 2.05) is 60.7 Å². The molecule has 0 unspecified atom stereocenters. The predicted molar refractivity (Wildman–Crippen MR) is 229 cm³/mol. The summed E-state index contributed by atoms with van der Waals surface area (Å²) < 4.78 is 7.27. The lowest BCUT2D eigenvalue weighted by atomic mass is 9.93. The van der Waals surface area contributed by atoms with Gasteiger partial charge in [0.2, 0.25) is 6.41 Å². The van der Waals surface area contributed by atoms with E-state index in [2.05, 4.69) is 97.5 Å². The molecule has 304 valence electrons. The molecule has 0 bridgehead atoms. The number of Topliss-reactive ketones (excluding diaryl/α,β-unsaturated/α-hetero) is 1. The van der Waals surface area contributed by atoms with E-state index in [4.69, 9.17) is 14.6 Å². The minimum Gasteiger partial charge on any atom is -0.460 e. The molecule has 0 fully saturated rings. The smallest absolute Gasteiger partial charge is 0.306 e. The lowest BCUT2D eigenvalue weighted by Gasteiger charge is -2.19. The first-order valence-corrected chi connectivity index (χ1v) is 20.3. The van der Waals surface area contributed by atoms with Crippen molar-refractivity contribution in [3.8, 4) is 0 Å². The van der Waals surface area contributed by atoms with Crippen LogP contribution < -0.4 is 5.73 Å². The van der Waals surface area contributed by atoms with Crippen LogP contribution in [0.2, 0.25) is 0 Å². The Morgan fingerprint density at radius 2 is 1.51 bits per heavy atom. The van der Waals surface area contributed by atoms with E-state index < -0.39 is 0 Å². The second kappa shape index (κ2) is 30.9. The maximum atomic E-state index is 12.5. The summed E-state index contributed by atoms with van der Waals surface area (Å²) in [5.41, 5.74) is 11.9. The van der Waals surface area contributed by atoms with Gasteiger partial charge in [-0.05, 0) is 81.9 Å². The van der Waals surface area contributed by atoms with Crippen molar-refractivity contribution in [2.45, 2.75) is 181 Å². The van der Waals surface area contributed by atoms with E-state index in [0.717, 1.165) is 62.1 Å². The molecule has 2 aromatic rings. The van der Waals surface area contributed by atoms with Crippen LogP contribution in [0.5, 0.6) is 0 Å². The van der Waals surface area contributed by atoms with Gasteiger partial charge in [0.1, 0.15) is 5.60 Å². The molecule has 2 N–H and O–H groups in total. The fourth-order valence-electron chi connectivity index (χ4n) is 5.00. The molecule has 0 aliphatic carbocycles. The van der Waals surface area contributed by atoms with Crippen molar-refractivity contribution in [3.05, 3.63) is 70.6 Å². The Labute approximate surface area is 326 Å². The largest absolute Gasteiger partial charge is 0.460 e. The van der Waals surface area contributed by atoms with E-state index in [1.165, 1.54) is 40.8 Å². The van der Waals surface area contributed by atoms with E-state index in [1.54, 1.807) is 0 Å². The minimum absolute atomic E-state index is 0.0169. The zero-order valence-corrected chi connectivity index (χ0v) is 37.1. The number of hydrogen-bond acceptors (Lipinski definition) is 5. The summed E-state index contributed by atoms with van der Waals surface area (Å²) in [6, 6.07) is 6.26. The Bertz CT molecular complexity index is 1320. The quantitative estimate of drug-likeness (QED) is 0.0798. The first kappa shape index (κ1) is 53.9. The third kappa shape index (κ3) is 25.2. The van der Waals surface area contributed by atoms with Crippen LogP contribution in [0.25, 0.3) is 5.57 Å². The average Bonchev–Trinajstić information content (AvgIpc) is 3.49. The lowest BCUT2D eigenvalue weighted by molar-refractivity contribution is -0.155. The van der Waals surface area contributed by atoms with Crippen molar-refractivity contribution in [2.75, 3.05) is 0 Å². The number of allylic oxidation sites excluding steroid dienone is 3.